The topological polar surface area (TPSA) is 97.1 Å². The van der Waals surface area contributed by atoms with Gasteiger partial charge in [-0.05, 0) is 24.3 Å². The second-order valence-corrected chi connectivity index (χ2v) is 3.85. The largest absolute Gasteiger partial charge is 0.476 e. The maximum Gasteiger partial charge on any atom is 0.471 e. The average molecular weight is 300 g/mol. The van der Waals surface area contributed by atoms with Crippen molar-refractivity contribution < 1.29 is 27.9 Å². The minimum absolute atomic E-state index is 0.0559. The smallest absolute Gasteiger partial charge is 0.471 e. The van der Waals surface area contributed by atoms with E-state index in [1.54, 1.807) is 5.32 Å². The number of hydrogen-bond donors (Lipinski definition) is 2. The second-order valence-electron chi connectivity index (χ2n) is 3.85. The van der Waals surface area contributed by atoms with E-state index in [-0.39, 0.29) is 11.4 Å². The Morgan fingerprint density at radius 2 is 1.81 bits per heavy atom. The molecule has 2 aromatic rings. The zero-order chi connectivity index (χ0) is 15.6. The monoisotopic (exact) mass is 300 g/mol. The Bertz CT molecular complexity index is 679. The molecular formula is C11H7F3N4O3. The third-order valence-corrected chi connectivity index (χ3v) is 2.36. The summed E-state index contributed by atoms with van der Waals surface area (Å²) in [5.41, 5.74) is 0.0455. The summed E-state index contributed by atoms with van der Waals surface area (Å²) < 4.78 is 37.3. The number of anilines is 1. The van der Waals surface area contributed by atoms with E-state index in [2.05, 4.69) is 10.3 Å². The number of hydrogen-bond acceptors (Lipinski definition) is 4. The summed E-state index contributed by atoms with van der Waals surface area (Å²) in [6.45, 7) is 0. The number of carboxylic acids is 1. The second kappa shape index (κ2) is 5.23. The number of aromatic nitrogens is 3. The van der Waals surface area contributed by atoms with Crippen molar-refractivity contribution >= 4 is 17.6 Å². The van der Waals surface area contributed by atoms with E-state index in [4.69, 9.17) is 5.11 Å². The Morgan fingerprint density at radius 3 is 2.29 bits per heavy atom. The molecule has 0 aliphatic heterocycles. The first-order valence-electron chi connectivity index (χ1n) is 5.41. The predicted molar refractivity (Wildman–Crippen MR) is 63.0 cm³/mol. The van der Waals surface area contributed by atoms with Gasteiger partial charge in [-0.25, -0.2) is 9.48 Å². The Labute approximate surface area is 115 Å². The van der Waals surface area contributed by atoms with E-state index in [1.165, 1.54) is 24.3 Å². The van der Waals surface area contributed by atoms with Crippen LogP contribution in [0.15, 0.2) is 30.5 Å². The van der Waals surface area contributed by atoms with Crippen LogP contribution in [0.5, 0.6) is 0 Å². The molecule has 1 aromatic carbocycles. The van der Waals surface area contributed by atoms with Crippen molar-refractivity contribution in [2.24, 2.45) is 0 Å². The fraction of sp³-hybridized carbons (Fsp3) is 0.0909. The van der Waals surface area contributed by atoms with E-state index in [0.717, 1.165) is 10.9 Å². The van der Waals surface area contributed by atoms with Crippen LogP contribution in [-0.2, 0) is 4.79 Å². The first-order chi connectivity index (χ1) is 9.77. The Balaban J connectivity index is 2.15. The lowest BCUT2D eigenvalue weighted by Gasteiger charge is -2.08. The molecule has 0 fully saturated rings. The van der Waals surface area contributed by atoms with Gasteiger partial charge in [0, 0.05) is 5.69 Å². The number of benzene rings is 1. The van der Waals surface area contributed by atoms with Crippen molar-refractivity contribution in [1.82, 2.24) is 15.0 Å². The molecule has 0 saturated heterocycles. The predicted octanol–water partition coefficient (Wildman–Crippen LogP) is 1.47. The molecule has 2 rings (SSSR count). The molecule has 2 N–H and O–H groups in total. The molecule has 0 spiro atoms. The van der Waals surface area contributed by atoms with Crippen LogP contribution in [0.3, 0.4) is 0 Å². The number of carboxylic acid groups (broad SMARTS) is 1. The minimum Gasteiger partial charge on any atom is -0.476 e. The third kappa shape index (κ3) is 3.35. The first kappa shape index (κ1) is 14.5. The van der Waals surface area contributed by atoms with Crippen molar-refractivity contribution in [2.75, 3.05) is 5.32 Å². The molecule has 1 aromatic heterocycles. The van der Waals surface area contributed by atoms with Gasteiger partial charge in [-0.1, -0.05) is 5.21 Å². The van der Waals surface area contributed by atoms with Crippen LogP contribution < -0.4 is 5.32 Å². The molecule has 1 amide bonds. The van der Waals surface area contributed by atoms with Crippen LogP contribution in [0.1, 0.15) is 10.5 Å². The lowest BCUT2D eigenvalue weighted by molar-refractivity contribution is -0.167. The van der Waals surface area contributed by atoms with E-state index in [9.17, 15) is 22.8 Å². The highest BCUT2D eigenvalue weighted by Gasteiger charge is 2.38. The summed E-state index contributed by atoms with van der Waals surface area (Å²) in [7, 11) is 0. The molecule has 7 nitrogen and oxygen atoms in total. The lowest BCUT2D eigenvalue weighted by Crippen LogP contribution is -2.29. The van der Waals surface area contributed by atoms with Gasteiger partial charge < -0.3 is 10.4 Å². The van der Waals surface area contributed by atoms with Crippen molar-refractivity contribution in [3.05, 3.63) is 36.2 Å². The van der Waals surface area contributed by atoms with Gasteiger partial charge >= 0.3 is 18.1 Å². The first-order valence-corrected chi connectivity index (χ1v) is 5.41. The number of alkyl halides is 3. The molecule has 0 radical (unpaired) electrons. The Hall–Kier alpha value is -2.91. The number of amides is 1. The molecule has 110 valence electrons. The normalized spacial score (nSPS) is 11.2. The highest BCUT2D eigenvalue weighted by molar-refractivity contribution is 5.94. The van der Waals surface area contributed by atoms with Gasteiger partial charge in [-0.3, -0.25) is 4.79 Å². The number of nitrogens with zero attached hydrogens (tertiary/aromatic N) is 3. The van der Waals surface area contributed by atoms with Gasteiger partial charge in [0.2, 0.25) is 0 Å². The zero-order valence-corrected chi connectivity index (χ0v) is 10.1. The van der Waals surface area contributed by atoms with E-state index in [1.807, 2.05) is 0 Å². The van der Waals surface area contributed by atoms with E-state index >= 15 is 0 Å². The molecule has 1 heterocycles. The fourth-order valence-electron chi connectivity index (χ4n) is 1.39. The molecule has 10 heteroatoms. The quantitative estimate of drug-likeness (QED) is 0.894. The standard InChI is InChI=1S/C11H7F3N4O3/c12-11(13,14)10(21)15-6-1-3-7(4-2-6)18-5-8(9(19)20)16-17-18/h1-5H,(H,15,21)(H,19,20). The maximum atomic E-state index is 12.1. The molecule has 0 unspecified atom stereocenters. The van der Waals surface area contributed by atoms with Crippen LogP contribution in [-0.4, -0.2) is 38.2 Å². The average Bonchev–Trinajstić information content (AvgIpc) is 2.88. The van der Waals surface area contributed by atoms with Gasteiger partial charge in [0.15, 0.2) is 5.69 Å². The van der Waals surface area contributed by atoms with E-state index in [0.29, 0.717) is 5.69 Å². The molecule has 0 bridgehead atoms. The van der Waals surface area contributed by atoms with Crippen LogP contribution in [0.4, 0.5) is 18.9 Å². The molecule has 0 saturated carbocycles. The summed E-state index contributed by atoms with van der Waals surface area (Å²) in [5, 5.41) is 17.3. The van der Waals surface area contributed by atoms with Crippen LogP contribution >= 0.6 is 0 Å². The van der Waals surface area contributed by atoms with Crippen molar-refractivity contribution in [3.8, 4) is 5.69 Å². The maximum absolute atomic E-state index is 12.1. The fourth-order valence-corrected chi connectivity index (χ4v) is 1.39. The van der Waals surface area contributed by atoms with Crippen molar-refractivity contribution in [3.63, 3.8) is 0 Å². The molecular weight excluding hydrogens is 293 g/mol. The van der Waals surface area contributed by atoms with Crippen LogP contribution in [0.2, 0.25) is 0 Å². The summed E-state index contributed by atoms with van der Waals surface area (Å²) in [5.74, 6) is -3.33. The Morgan fingerprint density at radius 1 is 1.19 bits per heavy atom. The van der Waals surface area contributed by atoms with Gasteiger partial charge in [-0.2, -0.15) is 13.2 Å². The van der Waals surface area contributed by atoms with Gasteiger partial charge in [0.05, 0.1) is 11.9 Å². The van der Waals surface area contributed by atoms with Crippen molar-refractivity contribution in [1.29, 1.82) is 0 Å². The van der Waals surface area contributed by atoms with Crippen LogP contribution in [0, 0.1) is 0 Å². The summed E-state index contributed by atoms with van der Waals surface area (Å²) in [4.78, 5) is 21.4. The third-order valence-electron chi connectivity index (χ3n) is 2.36. The highest BCUT2D eigenvalue weighted by atomic mass is 19.4. The van der Waals surface area contributed by atoms with Crippen LogP contribution in [0.25, 0.3) is 5.69 Å². The number of carbonyl (C=O) groups excluding carboxylic acids is 1. The zero-order valence-electron chi connectivity index (χ0n) is 10.1. The van der Waals surface area contributed by atoms with Gasteiger partial charge in [-0.15, -0.1) is 5.10 Å². The summed E-state index contributed by atoms with van der Waals surface area (Å²) in [6, 6.07) is 5.15. The number of nitrogens with one attached hydrogen (secondary N) is 1. The number of carbonyl (C=O) groups is 2. The molecule has 0 atom stereocenters. The van der Waals surface area contributed by atoms with E-state index < -0.39 is 18.1 Å². The molecule has 0 aliphatic rings. The lowest BCUT2D eigenvalue weighted by atomic mass is 10.3. The summed E-state index contributed by atoms with van der Waals surface area (Å²) in [6.07, 6.45) is -3.83. The number of halogens is 3. The number of rotatable bonds is 3. The SMILES string of the molecule is O=C(O)c1cn(-c2ccc(NC(=O)C(F)(F)F)cc2)nn1. The van der Waals surface area contributed by atoms with Gasteiger partial charge in [0.1, 0.15) is 0 Å². The minimum atomic E-state index is -4.97. The highest BCUT2D eigenvalue weighted by Crippen LogP contribution is 2.19. The van der Waals surface area contributed by atoms with Gasteiger partial charge in [0.25, 0.3) is 0 Å². The molecule has 21 heavy (non-hydrogen) atoms. The number of aromatic carboxylic acids is 1. The summed E-state index contributed by atoms with van der Waals surface area (Å²) >= 11 is 0. The molecule has 0 aliphatic carbocycles. The van der Waals surface area contributed by atoms with Crippen molar-refractivity contribution in [2.45, 2.75) is 6.18 Å². The Kier molecular flexibility index (Phi) is 3.61.